The van der Waals surface area contributed by atoms with Gasteiger partial charge in [0.25, 0.3) is 0 Å². The van der Waals surface area contributed by atoms with Crippen molar-refractivity contribution >= 4 is 23.0 Å². The van der Waals surface area contributed by atoms with E-state index in [1.807, 2.05) is 12.1 Å². The molecule has 0 spiro atoms. The third-order valence-corrected chi connectivity index (χ3v) is 3.34. The molecule has 3 heteroatoms. The molecule has 1 fully saturated rings. The largest absolute Gasteiger partial charge is 0.397 e. The monoisotopic (exact) mass is 224 g/mol. The molecule has 0 bridgehead atoms. The molecule has 1 aliphatic rings. The molecule has 1 aromatic carbocycles. The van der Waals surface area contributed by atoms with Crippen molar-refractivity contribution in [2.45, 2.75) is 25.7 Å². The third-order valence-electron chi connectivity index (χ3n) is 3.11. The molecular formula is C12H17ClN2. The Hall–Kier alpha value is -0.890. The van der Waals surface area contributed by atoms with Crippen molar-refractivity contribution < 1.29 is 0 Å². The molecule has 0 aromatic heterocycles. The van der Waals surface area contributed by atoms with E-state index in [4.69, 9.17) is 17.3 Å². The molecule has 0 atom stereocenters. The molecule has 0 unspecified atom stereocenters. The van der Waals surface area contributed by atoms with Gasteiger partial charge in [-0.05, 0) is 30.5 Å². The lowest BCUT2D eigenvalue weighted by Crippen LogP contribution is -2.15. The van der Waals surface area contributed by atoms with Crippen molar-refractivity contribution in [1.82, 2.24) is 0 Å². The summed E-state index contributed by atoms with van der Waals surface area (Å²) in [4.78, 5) is 0. The minimum absolute atomic E-state index is 0.692. The molecule has 0 saturated heterocycles. The fourth-order valence-electron chi connectivity index (χ4n) is 1.89. The summed E-state index contributed by atoms with van der Waals surface area (Å²) in [5.41, 5.74) is 7.57. The third kappa shape index (κ3) is 2.78. The van der Waals surface area contributed by atoms with Gasteiger partial charge in [-0.15, -0.1) is 0 Å². The summed E-state index contributed by atoms with van der Waals surface area (Å²) in [6.07, 6.45) is 5.46. The summed E-state index contributed by atoms with van der Waals surface area (Å²) in [5.74, 6) is 0.936. The number of halogens is 1. The van der Waals surface area contributed by atoms with Crippen molar-refractivity contribution in [3.05, 3.63) is 23.2 Å². The maximum atomic E-state index is 5.84. The number of benzene rings is 1. The van der Waals surface area contributed by atoms with E-state index in [2.05, 4.69) is 5.32 Å². The minimum Gasteiger partial charge on any atom is -0.397 e. The van der Waals surface area contributed by atoms with Crippen LogP contribution in [0.5, 0.6) is 0 Å². The number of hydrogen-bond acceptors (Lipinski definition) is 2. The van der Waals surface area contributed by atoms with E-state index in [-0.39, 0.29) is 0 Å². The second-order valence-electron chi connectivity index (χ2n) is 4.24. The van der Waals surface area contributed by atoms with Crippen LogP contribution in [0.3, 0.4) is 0 Å². The Kier molecular flexibility index (Phi) is 3.37. The number of nitrogen functional groups attached to an aromatic ring is 1. The van der Waals surface area contributed by atoms with Gasteiger partial charge in [-0.2, -0.15) is 0 Å². The van der Waals surface area contributed by atoms with E-state index >= 15 is 0 Å². The predicted molar refractivity (Wildman–Crippen MR) is 66.3 cm³/mol. The van der Waals surface area contributed by atoms with Gasteiger partial charge in [-0.3, -0.25) is 0 Å². The van der Waals surface area contributed by atoms with Crippen LogP contribution in [0, 0.1) is 5.92 Å². The van der Waals surface area contributed by atoms with Crippen LogP contribution in [0.25, 0.3) is 0 Å². The van der Waals surface area contributed by atoms with E-state index in [9.17, 15) is 0 Å². The molecule has 3 N–H and O–H groups in total. The SMILES string of the molecule is Nc1cc(Cl)ccc1NCCC1CCC1. The van der Waals surface area contributed by atoms with Gasteiger partial charge >= 0.3 is 0 Å². The molecule has 15 heavy (non-hydrogen) atoms. The Morgan fingerprint density at radius 3 is 2.80 bits per heavy atom. The van der Waals surface area contributed by atoms with Gasteiger partial charge < -0.3 is 11.1 Å². The maximum absolute atomic E-state index is 5.84. The van der Waals surface area contributed by atoms with Crippen LogP contribution in [0.15, 0.2) is 18.2 Å². The summed E-state index contributed by atoms with van der Waals surface area (Å²) in [6, 6.07) is 5.59. The van der Waals surface area contributed by atoms with Crippen LogP contribution in [0.2, 0.25) is 5.02 Å². The number of rotatable bonds is 4. The average Bonchev–Trinajstić information content (AvgIpc) is 2.12. The zero-order chi connectivity index (χ0) is 10.7. The topological polar surface area (TPSA) is 38.0 Å². The summed E-state index contributed by atoms with van der Waals surface area (Å²) in [5, 5.41) is 4.05. The van der Waals surface area contributed by atoms with Crippen LogP contribution in [-0.4, -0.2) is 6.54 Å². The molecule has 1 saturated carbocycles. The highest BCUT2D eigenvalue weighted by Crippen LogP contribution is 2.29. The lowest BCUT2D eigenvalue weighted by molar-refractivity contribution is 0.303. The molecule has 1 aromatic rings. The van der Waals surface area contributed by atoms with E-state index in [0.29, 0.717) is 5.02 Å². The second-order valence-corrected chi connectivity index (χ2v) is 4.68. The number of nitrogens with two attached hydrogens (primary N) is 1. The van der Waals surface area contributed by atoms with Gasteiger partial charge in [-0.25, -0.2) is 0 Å². The molecule has 0 heterocycles. The maximum Gasteiger partial charge on any atom is 0.0574 e. The molecule has 0 radical (unpaired) electrons. The smallest absolute Gasteiger partial charge is 0.0574 e. The van der Waals surface area contributed by atoms with Crippen LogP contribution >= 0.6 is 11.6 Å². The van der Waals surface area contributed by atoms with Crippen molar-refractivity contribution in [2.24, 2.45) is 5.92 Å². The highest BCUT2D eigenvalue weighted by Gasteiger charge is 2.16. The molecule has 2 nitrogen and oxygen atoms in total. The van der Waals surface area contributed by atoms with Crippen molar-refractivity contribution in [1.29, 1.82) is 0 Å². The number of anilines is 2. The highest BCUT2D eigenvalue weighted by molar-refractivity contribution is 6.31. The molecule has 1 aliphatic carbocycles. The lowest BCUT2D eigenvalue weighted by Gasteiger charge is -2.25. The van der Waals surface area contributed by atoms with Crippen LogP contribution in [-0.2, 0) is 0 Å². The summed E-state index contributed by atoms with van der Waals surface area (Å²) in [6.45, 7) is 1.01. The summed E-state index contributed by atoms with van der Waals surface area (Å²) >= 11 is 5.83. The van der Waals surface area contributed by atoms with E-state index in [0.717, 1.165) is 23.8 Å². The average molecular weight is 225 g/mol. The first-order valence-corrected chi connectivity index (χ1v) is 5.92. The zero-order valence-electron chi connectivity index (χ0n) is 8.80. The predicted octanol–water partition coefficient (Wildman–Crippen LogP) is 3.52. The van der Waals surface area contributed by atoms with Gasteiger partial charge in [0.05, 0.1) is 11.4 Å². The molecule has 82 valence electrons. The van der Waals surface area contributed by atoms with E-state index in [1.54, 1.807) is 6.07 Å². The van der Waals surface area contributed by atoms with Gasteiger partial charge in [0.1, 0.15) is 0 Å². The van der Waals surface area contributed by atoms with Crippen LogP contribution < -0.4 is 11.1 Å². The first kappa shape index (κ1) is 10.6. The first-order chi connectivity index (χ1) is 7.25. The standard InChI is InChI=1S/C12H17ClN2/c13-10-4-5-12(11(14)8-10)15-7-6-9-2-1-3-9/h4-5,8-9,15H,1-3,6-7,14H2. The van der Waals surface area contributed by atoms with Gasteiger partial charge in [-0.1, -0.05) is 30.9 Å². The first-order valence-electron chi connectivity index (χ1n) is 5.54. The van der Waals surface area contributed by atoms with Crippen molar-refractivity contribution in [3.8, 4) is 0 Å². The van der Waals surface area contributed by atoms with Gasteiger partial charge in [0.2, 0.25) is 0 Å². The Balaban J connectivity index is 1.81. The highest BCUT2D eigenvalue weighted by atomic mass is 35.5. The van der Waals surface area contributed by atoms with Gasteiger partial charge in [0, 0.05) is 11.6 Å². The number of nitrogens with one attached hydrogen (secondary N) is 1. The van der Waals surface area contributed by atoms with E-state index < -0.39 is 0 Å². The van der Waals surface area contributed by atoms with Crippen molar-refractivity contribution in [2.75, 3.05) is 17.6 Å². The quantitative estimate of drug-likeness (QED) is 0.768. The van der Waals surface area contributed by atoms with E-state index in [1.165, 1.54) is 25.7 Å². The Morgan fingerprint density at radius 2 is 2.20 bits per heavy atom. The number of hydrogen-bond donors (Lipinski definition) is 2. The Morgan fingerprint density at radius 1 is 1.40 bits per heavy atom. The Bertz CT molecular complexity index is 334. The minimum atomic E-state index is 0.692. The molecule has 0 amide bonds. The second kappa shape index (κ2) is 4.75. The normalized spacial score (nSPS) is 16.1. The van der Waals surface area contributed by atoms with Crippen LogP contribution in [0.1, 0.15) is 25.7 Å². The summed E-state index contributed by atoms with van der Waals surface area (Å²) < 4.78 is 0. The molecule has 0 aliphatic heterocycles. The fourth-order valence-corrected chi connectivity index (χ4v) is 2.07. The molecular weight excluding hydrogens is 208 g/mol. The lowest BCUT2D eigenvalue weighted by atomic mass is 9.83. The Labute approximate surface area is 95.8 Å². The van der Waals surface area contributed by atoms with Crippen LogP contribution in [0.4, 0.5) is 11.4 Å². The zero-order valence-corrected chi connectivity index (χ0v) is 9.56. The van der Waals surface area contributed by atoms with Crippen molar-refractivity contribution in [3.63, 3.8) is 0 Å². The molecule has 2 rings (SSSR count). The summed E-state index contributed by atoms with van der Waals surface area (Å²) in [7, 11) is 0. The van der Waals surface area contributed by atoms with Gasteiger partial charge in [0.15, 0.2) is 0 Å². The fraction of sp³-hybridized carbons (Fsp3) is 0.500.